The Morgan fingerprint density at radius 1 is 1.09 bits per heavy atom. The van der Waals surface area contributed by atoms with Gasteiger partial charge in [0.05, 0.1) is 5.56 Å². The van der Waals surface area contributed by atoms with Crippen molar-refractivity contribution in [3.8, 4) is 0 Å². The fourth-order valence-electron chi connectivity index (χ4n) is 2.77. The van der Waals surface area contributed by atoms with E-state index in [-0.39, 0.29) is 29.3 Å². The van der Waals surface area contributed by atoms with E-state index in [4.69, 9.17) is 5.11 Å². The molecule has 0 bridgehead atoms. The van der Waals surface area contributed by atoms with Crippen LogP contribution in [0, 0.1) is 5.92 Å². The first-order chi connectivity index (χ1) is 10.5. The Bertz CT molecular complexity index is 577. The van der Waals surface area contributed by atoms with Crippen molar-refractivity contribution in [1.29, 1.82) is 0 Å². The summed E-state index contributed by atoms with van der Waals surface area (Å²) in [6, 6.07) is 6.00. The summed E-state index contributed by atoms with van der Waals surface area (Å²) in [7, 11) is 1.63. The van der Waals surface area contributed by atoms with Crippen LogP contribution in [0.2, 0.25) is 0 Å². The Hall–Kier alpha value is -2.37. The molecule has 0 heterocycles. The van der Waals surface area contributed by atoms with Crippen molar-refractivity contribution < 1.29 is 19.5 Å². The lowest BCUT2D eigenvalue weighted by atomic mass is 9.85. The predicted molar refractivity (Wildman–Crippen MR) is 80.7 cm³/mol. The highest BCUT2D eigenvalue weighted by Gasteiger charge is 2.26. The number of benzene rings is 1. The third kappa shape index (κ3) is 3.84. The molecule has 0 saturated heterocycles. The largest absolute Gasteiger partial charge is 0.478 e. The Labute approximate surface area is 128 Å². The van der Waals surface area contributed by atoms with E-state index in [0.29, 0.717) is 5.56 Å². The highest BCUT2D eigenvalue weighted by Crippen LogP contribution is 2.24. The summed E-state index contributed by atoms with van der Waals surface area (Å²) in [5.41, 5.74) is 0.435. The number of hydrogen-bond donors (Lipinski definition) is 3. The maximum Gasteiger partial charge on any atom is 0.335 e. The molecule has 1 aromatic rings. The van der Waals surface area contributed by atoms with Gasteiger partial charge in [-0.05, 0) is 43.9 Å². The van der Waals surface area contributed by atoms with Gasteiger partial charge < -0.3 is 15.7 Å². The first-order valence-electron chi connectivity index (χ1n) is 7.37. The van der Waals surface area contributed by atoms with Crippen molar-refractivity contribution in [2.45, 2.75) is 31.7 Å². The van der Waals surface area contributed by atoms with Crippen LogP contribution >= 0.6 is 0 Å². The zero-order chi connectivity index (χ0) is 16.1. The Kier molecular flexibility index (Phi) is 5.14. The molecule has 3 N–H and O–H groups in total. The molecule has 1 fully saturated rings. The van der Waals surface area contributed by atoms with E-state index in [1.54, 1.807) is 19.2 Å². The fraction of sp³-hybridized carbons (Fsp3) is 0.438. The lowest BCUT2D eigenvalue weighted by Gasteiger charge is -2.28. The zero-order valence-corrected chi connectivity index (χ0v) is 12.5. The van der Waals surface area contributed by atoms with Gasteiger partial charge in [0.1, 0.15) is 0 Å². The van der Waals surface area contributed by atoms with Crippen LogP contribution in [0.5, 0.6) is 0 Å². The minimum absolute atomic E-state index is 0.0218. The van der Waals surface area contributed by atoms with Crippen molar-refractivity contribution in [1.82, 2.24) is 10.6 Å². The summed E-state index contributed by atoms with van der Waals surface area (Å²) in [6.45, 7) is 0. The van der Waals surface area contributed by atoms with Crippen LogP contribution in [0.15, 0.2) is 24.3 Å². The molecule has 0 spiro atoms. The van der Waals surface area contributed by atoms with Gasteiger partial charge in [-0.1, -0.05) is 6.07 Å². The number of aromatic carboxylic acids is 1. The van der Waals surface area contributed by atoms with E-state index in [2.05, 4.69) is 10.6 Å². The highest BCUT2D eigenvalue weighted by atomic mass is 16.4. The number of nitrogens with one attached hydrogen (secondary N) is 2. The Morgan fingerprint density at radius 2 is 1.73 bits per heavy atom. The average Bonchev–Trinajstić information content (AvgIpc) is 2.54. The van der Waals surface area contributed by atoms with Crippen molar-refractivity contribution in [2.24, 2.45) is 5.92 Å². The van der Waals surface area contributed by atoms with E-state index in [1.165, 1.54) is 12.1 Å². The second kappa shape index (κ2) is 7.06. The minimum Gasteiger partial charge on any atom is -0.478 e. The molecule has 22 heavy (non-hydrogen) atoms. The van der Waals surface area contributed by atoms with E-state index in [1.807, 2.05) is 0 Å². The summed E-state index contributed by atoms with van der Waals surface area (Å²) >= 11 is 0. The number of carboxylic acid groups (broad SMARTS) is 1. The van der Waals surface area contributed by atoms with Gasteiger partial charge in [-0.2, -0.15) is 0 Å². The van der Waals surface area contributed by atoms with E-state index in [0.717, 1.165) is 25.7 Å². The number of hydrogen-bond acceptors (Lipinski definition) is 3. The summed E-state index contributed by atoms with van der Waals surface area (Å²) < 4.78 is 0. The van der Waals surface area contributed by atoms with Crippen molar-refractivity contribution in [3.63, 3.8) is 0 Å². The molecule has 6 nitrogen and oxygen atoms in total. The molecule has 1 aliphatic rings. The van der Waals surface area contributed by atoms with Crippen LogP contribution in [0.3, 0.4) is 0 Å². The maximum atomic E-state index is 12.2. The van der Waals surface area contributed by atoms with Gasteiger partial charge >= 0.3 is 5.97 Å². The van der Waals surface area contributed by atoms with Crippen molar-refractivity contribution in [2.75, 3.05) is 7.05 Å². The van der Waals surface area contributed by atoms with Gasteiger partial charge in [0.15, 0.2) is 0 Å². The number of carboxylic acids is 1. The SMILES string of the molecule is CNC(=O)C1CCC(NC(=O)c2cccc(C(=O)O)c2)CC1. The molecule has 118 valence electrons. The molecule has 1 aliphatic carbocycles. The fourth-order valence-corrected chi connectivity index (χ4v) is 2.77. The smallest absolute Gasteiger partial charge is 0.335 e. The van der Waals surface area contributed by atoms with Crippen LogP contribution in [0.25, 0.3) is 0 Å². The minimum atomic E-state index is -1.05. The van der Waals surface area contributed by atoms with Gasteiger partial charge in [-0.3, -0.25) is 9.59 Å². The van der Waals surface area contributed by atoms with Gasteiger partial charge in [0, 0.05) is 24.6 Å². The molecule has 0 radical (unpaired) electrons. The third-order valence-electron chi connectivity index (χ3n) is 4.05. The second-order valence-corrected chi connectivity index (χ2v) is 5.52. The molecule has 6 heteroatoms. The lowest BCUT2D eigenvalue weighted by Crippen LogP contribution is -2.40. The summed E-state index contributed by atoms with van der Waals surface area (Å²) in [4.78, 5) is 34.7. The van der Waals surface area contributed by atoms with Crippen LogP contribution < -0.4 is 10.6 Å². The van der Waals surface area contributed by atoms with Gasteiger partial charge in [0.2, 0.25) is 5.91 Å². The number of carbonyl (C=O) groups excluding carboxylic acids is 2. The monoisotopic (exact) mass is 304 g/mol. The van der Waals surface area contributed by atoms with E-state index < -0.39 is 5.97 Å². The third-order valence-corrected chi connectivity index (χ3v) is 4.05. The molecule has 0 unspecified atom stereocenters. The summed E-state index contributed by atoms with van der Waals surface area (Å²) in [5, 5.41) is 14.5. The standard InChI is InChI=1S/C16H20N2O4/c1-17-14(19)10-5-7-13(8-6-10)18-15(20)11-3-2-4-12(9-11)16(21)22/h2-4,9-10,13H,5-8H2,1H3,(H,17,19)(H,18,20)(H,21,22). The molecule has 0 atom stereocenters. The highest BCUT2D eigenvalue weighted by molar-refractivity contribution is 5.97. The molecular formula is C16H20N2O4. The molecule has 1 saturated carbocycles. The van der Waals surface area contributed by atoms with Crippen LogP contribution in [0.4, 0.5) is 0 Å². The molecule has 2 rings (SSSR count). The first kappa shape index (κ1) is 16.0. The van der Waals surface area contributed by atoms with Crippen LogP contribution in [0.1, 0.15) is 46.4 Å². The molecule has 1 aromatic carbocycles. The lowest BCUT2D eigenvalue weighted by molar-refractivity contribution is -0.125. The summed E-state index contributed by atoms with van der Waals surface area (Å²) in [5.74, 6) is -1.25. The van der Waals surface area contributed by atoms with Crippen molar-refractivity contribution >= 4 is 17.8 Å². The Morgan fingerprint density at radius 3 is 2.32 bits per heavy atom. The molecule has 0 aromatic heterocycles. The maximum absolute atomic E-state index is 12.2. The van der Waals surface area contributed by atoms with E-state index >= 15 is 0 Å². The second-order valence-electron chi connectivity index (χ2n) is 5.52. The quantitative estimate of drug-likeness (QED) is 0.784. The number of amides is 2. The summed E-state index contributed by atoms with van der Waals surface area (Å²) in [6.07, 6.45) is 3.00. The van der Waals surface area contributed by atoms with Gasteiger partial charge in [-0.15, -0.1) is 0 Å². The number of carbonyl (C=O) groups is 3. The molecule has 0 aliphatic heterocycles. The molecule has 2 amide bonds. The van der Waals surface area contributed by atoms with Crippen LogP contribution in [-0.2, 0) is 4.79 Å². The normalized spacial score (nSPS) is 21.0. The average molecular weight is 304 g/mol. The van der Waals surface area contributed by atoms with Gasteiger partial charge in [-0.25, -0.2) is 4.79 Å². The predicted octanol–water partition coefficient (Wildman–Crippen LogP) is 1.42. The first-order valence-corrected chi connectivity index (χ1v) is 7.37. The van der Waals surface area contributed by atoms with E-state index in [9.17, 15) is 14.4 Å². The number of rotatable bonds is 4. The topological polar surface area (TPSA) is 95.5 Å². The van der Waals surface area contributed by atoms with Gasteiger partial charge in [0.25, 0.3) is 5.91 Å². The molecular weight excluding hydrogens is 284 g/mol. The Balaban J connectivity index is 1.92. The van der Waals surface area contributed by atoms with Crippen LogP contribution in [-0.4, -0.2) is 36.0 Å². The van der Waals surface area contributed by atoms with Crippen molar-refractivity contribution in [3.05, 3.63) is 35.4 Å². The zero-order valence-electron chi connectivity index (χ0n) is 12.5.